The Morgan fingerprint density at radius 1 is 1.39 bits per heavy atom. The molecule has 1 aromatic rings. The molecule has 23 heavy (non-hydrogen) atoms. The van der Waals surface area contributed by atoms with Crippen molar-refractivity contribution in [2.24, 2.45) is 0 Å². The van der Waals surface area contributed by atoms with E-state index in [2.05, 4.69) is 10.1 Å². The molecule has 132 valence electrons. The van der Waals surface area contributed by atoms with Crippen LogP contribution in [-0.2, 0) is 11.3 Å². The van der Waals surface area contributed by atoms with Crippen LogP contribution in [0.4, 0.5) is 13.2 Å². The molecule has 0 saturated heterocycles. The summed E-state index contributed by atoms with van der Waals surface area (Å²) in [5.41, 5.74) is 0. The molecule has 0 bridgehead atoms. The molecule has 0 aromatic carbocycles. The maximum atomic E-state index is 12.2. The largest absolute Gasteiger partial charge is 0.406 e. The number of nitrogens with zero attached hydrogens (tertiary/aromatic N) is 4. The molecular weight excluding hydrogens is 333 g/mol. The molecule has 0 saturated carbocycles. The second-order valence-corrected chi connectivity index (χ2v) is 6.80. The quantitative estimate of drug-likeness (QED) is 0.714. The predicted molar refractivity (Wildman–Crippen MR) is 80.9 cm³/mol. The first-order chi connectivity index (χ1) is 10.6. The van der Waals surface area contributed by atoms with E-state index in [1.54, 1.807) is 18.8 Å². The van der Waals surface area contributed by atoms with Gasteiger partial charge in [0, 0.05) is 7.05 Å². The molecule has 1 amide bonds. The van der Waals surface area contributed by atoms with E-state index in [1.807, 2.05) is 13.8 Å². The summed E-state index contributed by atoms with van der Waals surface area (Å²) in [5, 5.41) is 3.97. The average molecular weight is 354 g/mol. The lowest BCUT2D eigenvalue weighted by Gasteiger charge is -2.21. The zero-order valence-electron chi connectivity index (χ0n) is 13.6. The normalized spacial score (nSPS) is 13.4. The fourth-order valence-electron chi connectivity index (χ4n) is 1.82. The van der Waals surface area contributed by atoms with Crippen molar-refractivity contribution in [1.29, 1.82) is 0 Å². The Balaban J connectivity index is 2.50. The number of aromatic nitrogens is 2. The molecule has 0 spiro atoms. The van der Waals surface area contributed by atoms with Gasteiger partial charge >= 0.3 is 6.18 Å². The zero-order chi connectivity index (χ0) is 17.6. The van der Waals surface area contributed by atoms with Gasteiger partial charge in [0.25, 0.3) is 0 Å². The van der Waals surface area contributed by atoms with E-state index >= 15 is 0 Å². The van der Waals surface area contributed by atoms with Crippen molar-refractivity contribution in [1.82, 2.24) is 19.9 Å². The van der Waals surface area contributed by atoms with Gasteiger partial charge in [-0.15, -0.1) is 0 Å². The van der Waals surface area contributed by atoms with Crippen LogP contribution in [0.15, 0.2) is 4.52 Å². The van der Waals surface area contributed by atoms with Crippen LogP contribution in [0.3, 0.4) is 0 Å². The van der Waals surface area contributed by atoms with E-state index in [-0.39, 0.29) is 18.3 Å². The molecule has 1 rings (SSSR count). The van der Waals surface area contributed by atoms with E-state index in [0.29, 0.717) is 16.6 Å². The van der Waals surface area contributed by atoms with Gasteiger partial charge in [0.2, 0.25) is 11.8 Å². The van der Waals surface area contributed by atoms with Gasteiger partial charge in [0.1, 0.15) is 6.54 Å². The summed E-state index contributed by atoms with van der Waals surface area (Å²) in [7, 11) is 2.73. The van der Waals surface area contributed by atoms with Gasteiger partial charge in [0.05, 0.1) is 18.3 Å². The number of hydrogen-bond donors (Lipinski definition) is 0. The molecule has 0 aliphatic rings. The number of likely N-dealkylation sites (N-methyl/N-ethyl adjacent to an activating group) is 2. The van der Waals surface area contributed by atoms with E-state index in [9.17, 15) is 18.0 Å². The highest BCUT2D eigenvalue weighted by Crippen LogP contribution is 2.25. The van der Waals surface area contributed by atoms with Crippen LogP contribution in [0, 0.1) is 0 Å². The maximum Gasteiger partial charge on any atom is 0.406 e. The second kappa shape index (κ2) is 8.53. The van der Waals surface area contributed by atoms with Crippen LogP contribution in [-0.4, -0.2) is 65.0 Å². The molecule has 0 fully saturated rings. The Morgan fingerprint density at radius 2 is 2.04 bits per heavy atom. The lowest BCUT2D eigenvalue weighted by atomic mass is 10.4. The number of thioether (sulfide) groups is 1. The molecule has 1 unspecified atom stereocenters. The van der Waals surface area contributed by atoms with Gasteiger partial charge in [-0.2, -0.15) is 29.9 Å². The minimum absolute atomic E-state index is 0.0994. The van der Waals surface area contributed by atoms with Gasteiger partial charge in [-0.3, -0.25) is 9.69 Å². The lowest BCUT2D eigenvalue weighted by Crippen LogP contribution is -2.41. The minimum Gasteiger partial charge on any atom is -0.338 e. The second-order valence-electron chi connectivity index (χ2n) is 5.18. The average Bonchev–Trinajstić information content (AvgIpc) is 2.85. The monoisotopic (exact) mass is 354 g/mol. The number of rotatable bonds is 8. The summed E-state index contributed by atoms with van der Waals surface area (Å²) < 4.78 is 41.9. The van der Waals surface area contributed by atoms with Crippen LogP contribution < -0.4 is 0 Å². The van der Waals surface area contributed by atoms with Gasteiger partial charge in [-0.05, 0) is 19.7 Å². The Kier molecular flexibility index (Phi) is 7.33. The number of hydrogen-bond acceptors (Lipinski definition) is 6. The summed E-state index contributed by atoms with van der Waals surface area (Å²) in [6.07, 6.45) is -4.41. The summed E-state index contributed by atoms with van der Waals surface area (Å²) in [6, 6.07) is 0. The van der Waals surface area contributed by atoms with Crippen LogP contribution in [0.25, 0.3) is 0 Å². The molecule has 10 heteroatoms. The highest BCUT2D eigenvalue weighted by atomic mass is 32.2. The van der Waals surface area contributed by atoms with Gasteiger partial charge in [-0.1, -0.05) is 12.1 Å². The molecule has 1 atom stereocenters. The standard InChI is InChI=1S/C13H21F3N4O2S/c1-5-23-9(2)12-17-10(22-18-12)6-19(3)7-11(21)20(4)8-13(14,15)16/h9H,5-8H2,1-4H3. The summed E-state index contributed by atoms with van der Waals surface area (Å²) in [5.74, 6) is 1.20. The van der Waals surface area contributed by atoms with Crippen molar-refractivity contribution in [2.45, 2.75) is 31.8 Å². The SMILES string of the molecule is CCSC(C)c1noc(CN(C)CC(=O)N(C)CC(F)(F)F)n1. The van der Waals surface area contributed by atoms with Crippen molar-refractivity contribution in [3.63, 3.8) is 0 Å². The van der Waals surface area contributed by atoms with Crippen LogP contribution in [0.2, 0.25) is 0 Å². The molecule has 0 aliphatic carbocycles. The first-order valence-corrected chi connectivity index (χ1v) is 8.10. The topological polar surface area (TPSA) is 62.5 Å². The van der Waals surface area contributed by atoms with Gasteiger partial charge < -0.3 is 9.42 Å². The third-order valence-corrected chi connectivity index (χ3v) is 3.96. The molecule has 0 radical (unpaired) electrons. The molecule has 1 aromatic heterocycles. The first kappa shape index (κ1) is 19.8. The predicted octanol–water partition coefficient (Wildman–Crippen LogP) is 2.34. The van der Waals surface area contributed by atoms with Gasteiger partial charge in [0.15, 0.2) is 5.82 Å². The first-order valence-electron chi connectivity index (χ1n) is 7.05. The van der Waals surface area contributed by atoms with Crippen LogP contribution in [0.1, 0.15) is 30.8 Å². The number of alkyl halides is 3. The highest BCUT2D eigenvalue weighted by molar-refractivity contribution is 7.99. The highest BCUT2D eigenvalue weighted by Gasteiger charge is 2.31. The number of amides is 1. The van der Waals surface area contributed by atoms with E-state index < -0.39 is 18.6 Å². The van der Waals surface area contributed by atoms with E-state index in [0.717, 1.165) is 12.8 Å². The Hall–Kier alpha value is -1.29. The molecule has 1 heterocycles. The zero-order valence-corrected chi connectivity index (χ0v) is 14.4. The van der Waals surface area contributed by atoms with Gasteiger partial charge in [-0.25, -0.2) is 0 Å². The van der Waals surface area contributed by atoms with Crippen molar-refractivity contribution in [3.05, 3.63) is 11.7 Å². The van der Waals surface area contributed by atoms with Crippen molar-refractivity contribution >= 4 is 17.7 Å². The van der Waals surface area contributed by atoms with Crippen molar-refractivity contribution in [3.8, 4) is 0 Å². The van der Waals surface area contributed by atoms with Crippen LogP contribution >= 0.6 is 11.8 Å². The molecular formula is C13H21F3N4O2S. The molecule has 0 aliphatic heterocycles. The Bertz CT molecular complexity index is 510. The van der Waals surface area contributed by atoms with E-state index in [1.165, 1.54) is 4.90 Å². The molecule has 6 nitrogen and oxygen atoms in total. The number of carbonyl (C=O) groups excluding carboxylic acids is 1. The smallest absolute Gasteiger partial charge is 0.338 e. The third-order valence-electron chi connectivity index (χ3n) is 2.92. The van der Waals surface area contributed by atoms with Crippen molar-refractivity contribution < 1.29 is 22.5 Å². The van der Waals surface area contributed by atoms with E-state index in [4.69, 9.17) is 4.52 Å². The summed E-state index contributed by atoms with van der Waals surface area (Å²) in [4.78, 5) is 18.1. The Labute approximate surface area is 137 Å². The van der Waals surface area contributed by atoms with Crippen LogP contribution in [0.5, 0.6) is 0 Å². The fraction of sp³-hybridized carbons (Fsp3) is 0.769. The summed E-state index contributed by atoms with van der Waals surface area (Å²) in [6.45, 7) is 2.75. The number of halogens is 3. The number of carbonyl (C=O) groups is 1. The van der Waals surface area contributed by atoms with Crippen molar-refractivity contribution in [2.75, 3.05) is 32.9 Å². The summed E-state index contributed by atoms with van der Waals surface area (Å²) >= 11 is 1.67. The lowest BCUT2D eigenvalue weighted by molar-refractivity contribution is -0.158. The maximum absolute atomic E-state index is 12.2. The molecule has 0 N–H and O–H groups in total. The minimum atomic E-state index is -4.41. The third kappa shape index (κ3) is 7.21. The Morgan fingerprint density at radius 3 is 2.61 bits per heavy atom. The fourth-order valence-corrected chi connectivity index (χ4v) is 2.56.